The molecule has 7 heteroatoms. The van der Waals surface area contributed by atoms with Crippen molar-refractivity contribution in [2.75, 3.05) is 32.7 Å². The minimum absolute atomic E-state index is 0.0116. The highest BCUT2D eigenvalue weighted by Crippen LogP contribution is 2.18. The molecule has 1 aliphatic carbocycles. The minimum atomic E-state index is -0.558. The first-order valence-corrected chi connectivity index (χ1v) is 10.1. The summed E-state index contributed by atoms with van der Waals surface area (Å²) in [7, 11) is 0. The van der Waals surface area contributed by atoms with E-state index in [-0.39, 0.29) is 23.6 Å². The molecule has 2 N–H and O–H groups in total. The van der Waals surface area contributed by atoms with Crippen LogP contribution in [0.2, 0.25) is 0 Å². The second kappa shape index (κ2) is 9.19. The lowest BCUT2D eigenvalue weighted by atomic mass is 10.0. The molecule has 3 rings (SSSR count). The van der Waals surface area contributed by atoms with Crippen molar-refractivity contribution in [3.8, 4) is 0 Å². The fourth-order valence-corrected chi connectivity index (χ4v) is 3.35. The van der Waals surface area contributed by atoms with Crippen LogP contribution in [-0.2, 0) is 9.59 Å². The monoisotopic (exact) mass is 386 g/mol. The molecule has 2 fully saturated rings. The average Bonchev–Trinajstić information content (AvgIpc) is 3.50. The Labute approximate surface area is 166 Å². The number of benzene rings is 1. The summed E-state index contributed by atoms with van der Waals surface area (Å²) in [5, 5.41) is 5.89. The van der Waals surface area contributed by atoms with Crippen molar-refractivity contribution in [2.24, 2.45) is 5.92 Å². The Hall–Kier alpha value is -2.41. The van der Waals surface area contributed by atoms with E-state index in [1.165, 1.54) is 0 Å². The Morgan fingerprint density at radius 1 is 1.04 bits per heavy atom. The van der Waals surface area contributed by atoms with Crippen LogP contribution in [0.4, 0.5) is 0 Å². The van der Waals surface area contributed by atoms with Crippen LogP contribution in [0.15, 0.2) is 30.3 Å². The van der Waals surface area contributed by atoms with Gasteiger partial charge in [-0.2, -0.15) is 0 Å². The summed E-state index contributed by atoms with van der Waals surface area (Å²) in [5.74, 6) is -0.232. The lowest BCUT2D eigenvalue weighted by molar-refractivity contribution is -0.136. The number of carbonyl (C=O) groups excluding carboxylic acids is 3. The van der Waals surface area contributed by atoms with Crippen molar-refractivity contribution < 1.29 is 14.4 Å². The summed E-state index contributed by atoms with van der Waals surface area (Å²) in [5.41, 5.74) is 0.549. The fourth-order valence-electron chi connectivity index (χ4n) is 3.35. The normalized spacial score (nSPS) is 18.6. The van der Waals surface area contributed by atoms with E-state index in [9.17, 15) is 14.4 Å². The molecule has 1 aromatic rings. The smallest absolute Gasteiger partial charge is 0.251 e. The van der Waals surface area contributed by atoms with Gasteiger partial charge in [-0.15, -0.1) is 0 Å². The van der Waals surface area contributed by atoms with Gasteiger partial charge in [0, 0.05) is 37.8 Å². The molecule has 7 nitrogen and oxygen atoms in total. The molecule has 1 aliphatic heterocycles. The van der Waals surface area contributed by atoms with Crippen LogP contribution in [0.25, 0.3) is 0 Å². The number of carbonyl (C=O) groups is 3. The Kier molecular flexibility index (Phi) is 6.67. The predicted molar refractivity (Wildman–Crippen MR) is 107 cm³/mol. The van der Waals surface area contributed by atoms with Crippen LogP contribution in [0.3, 0.4) is 0 Å². The van der Waals surface area contributed by atoms with Crippen LogP contribution < -0.4 is 10.6 Å². The van der Waals surface area contributed by atoms with E-state index in [1.54, 1.807) is 29.2 Å². The van der Waals surface area contributed by atoms with Gasteiger partial charge in [-0.1, -0.05) is 32.0 Å². The van der Waals surface area contributed by atoms with E-state index in [0.717, 1.165) is 12.8 Å². The van der Waals surface area contributed by atoms with Crippen LogP contribution in [-0.4, -0.2) is 72.3 Å². The molecule has 0 spiro atoms. The van der Waals surface area contributed by atoms with Gasteiger partial charge in [-0.25, -0.2) is 0 Å². The lowest BCUT2D eigenvalue weighted by Gasteiger charge is -2.37. The number of amides is 3. The number of nitrogens with zero attached hydrogens (tertiary/aromatic N) is 2. The summed E-state index contributed by atoms with van der Waals surface area (Å²) in [6, 6.07) is 8.75. The molecule has 1 atom stereocenters. The van der Waals surface area contributed by atoms with E-state index in [1.807, 2.05) is 19.9 Å². The largest absolute Gasteiger partial charge is 0.352 e. The Morgan fingerprint density at radius 3 is 2.25 bits per heavy atom. The Morgan fingerprint density at radius 2 is 1.68 bits per heavy atom. The first-order chi connectivity index (χ1) is 13.4. The number of nitrogens with one attached hydrogen (secondary N) is 2. The highest BCUT2D eigenvalue weighted by atomic mass is 16.2. The zero-order chi connectivity index (χ0) is 20.1. The minimum Gasteiger partial charge on any atom is -0.352 e. The second-order valence-electron chi connectivity index (χ2n) is 8.00. The average molecular weight is 386 g/mol. The highest BCUT2D eigenvalue weighted by Gasteiger charge is 2.31. The quantitative estimate of drug-likeness (QED) is 0.728. The summed E-state index contributed by atoms with van der Waals surface area (Å²) < 4.78 is 0. The Bertz CT molecular complexity index is 695. The van der Waals surface area contributed by atoms with Crippen LogP contribution >= 0.6 is 0 Å². The van der Waals surface area contributed by atoms with Gasteiger partial charge < -0.3 is 15.5 Å². The van der Waals surface area contributed by atoms with E-state index in [4.69, 9.17) is 0 Å². The summed E-state index contributed by atoms with van der Waals surface area (Å²) >= 11 is 0. The van der Waals surface area contributed by atoms with E-state index < -0.39 is 6.04 Å². The molecule has 0 radical (unpaired) electrons. The summed E-state index contributed by atoms with van der Waals surface area (Å²) in [6.07, 6.45) is 2.17. The SMILES string of the molecule is CC(C)[C@H](NC(=O)c1ccccc1)C(=O)N1CCN(CC(=O)NC2CC2)CC1. The van der Waals surface area contributed by atoms with Gasteiger partial charge >= 0.3 is 0 Å². The zero-order valence-corrected chi connectivity index (χ0v) is 16.7. The van der Waals surface area contributed by atoms with Gasteiger partial charge in [0.2, 0.25) is 11.8 Å². The number of hydrogen-bond acceptors (Lipinski definition) is 4. The molecule has 1 aromatic carbocycles. The number of hydrogen-bond donors (Lipinski definition) is 2. The molecular weight excluding hydrogens is 356 g/mol. The fraction of sp³-hybridized carbons (Fsp3) is 0.571. The van der Waals surface area contributed by atoms with Crippen molar-refractivity contribution in [2.45, 2.75) is 38.8 Å². The standard InChI is InChI=1S/C21H30N4O3/c1-15(2)19(23-20(27)16-6-4-3-5-7-16)21(28)25-12-10-24(11-13-25)14-18(26)22-17-8-9-17/h3-7,15,17,19H,8-14H2,1-2H3,(H,22,26)(H,23,27)/t19-/m0/s1. The molecule has 0 unspecified atom stereocenters. The first kappa shape index (κ1) is 20.3. The second-order valence-corrected chi connectivity index (χ2v) is 8.00. The molecule has 2 aliphatic rings. The molecule has 152 valence electrons. The van der Waals surface area contributed by atoms with Gasteiger partial charge in [-0.05, 0) is 30.9 Å². The molecule has 1 saturated carbocycles. The van der Waals surface area contributed by atoms with Crippen molar-refractivity contribution in [1.29, 1.82) is 0 Å². The summed E-state index contributed by atoms with van der Waals surface area (Å²) in [4.78, 5) is 41.3. The topological polar surface area (TPSA) is 81.8 Å². The molecule has 3 amide bonds. The van der Waals surface area contributed by atoms with Gasteiger partial charge in [0.05, 0.1) is 6.54 Å². The van der Waals surface area contributed by atoms with Crippen molar-refractivity contribution >= 4 is 17.7 Å². The molecule has 1 heterocycles. The van der Waals surface area contributed by atoms with E-state index in [0.29, 0.717) is 44.3 Å². The highest BCUT2D eigenvalue weighted by molar-refractivity contribution is 5.97. The maximum atomic E-state index is 13.0. The number of piperazine rings is 1. The molecule has 0 bridgehead atoms. The van der Waals surface area contributed by atoms with Crippen molar-refractivity contribution in [3.63, 3.8) is 0 Å². The maximum absolute atomic E-state index is 13.0. The van der Waals surface area contributed by atoms with Gasteiger partial charge in [0.1, 0.15) is 6.04 Å². The number of rotatable bonds is 7. The van der Waals surface area contributed by atoms with Crippen LogP contribution in [0.1, 0.15) is 37.0 Å². The molecule has 0 aromatic heterocycles. The molecule has 1 saturated heterocycles. The lowest BCUT2D eigenvalue weighted by Crippen LogP contribution is -2.57. The zero-order valence-electron chi connectivity index (χ0n) is 16.7. The Balaban J connectivity index is 1.51. The van der Waals surface area contributed by atoms with Crippen LogP contribution in [0, 0.1) is 5.92 Å². The third-order valence-electron chi connectivity index (χ3n) is 5.25. The van der Waals surface area contributed by atoms with Gasteiger partial charge in [0.25, 0.3) is 5.91 Å². The van der Waals surface area contributed by atoms with Crippen molar-refractivity contribution in [3.05, 3.63) is 35.9 Å². The van der Waals surface area contributed by atoms with Gasteiger partial charge in [-0.3, -0.25) is 19.3 Å². The van der Waals surface area contributed by atoms with Crippen LogP contribution in [0.5, 0.6) is 0 Å². The van der Waals surface area contributed by atoms with E-state index in [2.05, 4.69) is 15.5 Å². The predicted octanol–water partition coefficient (Wildman–Crippen LogP) is 0.864. The van der Waals surface area contributed by atoms with Crippen molar-refractivity contribution in [1.82, 2.24) is 20.4 Å². The maximum Gasteiger partial charge on any atom is 0.251 e. The molecular formula is C21H30N4O3. The van der Waals surface area contributed by atoms with E-state index >= 15 is 0 Å². The first-order valence-electron chi connectivity index (χ1n) is 10.1. The summed E-state index contributed by atoms with van der Waals surface area (Å²) in [6.45, 7) is 6.73. The third-order valence-corrected chi connectivity index (χ3v) is 5.25. The third kappa shape index (κ3) is 5.55. The van der Waals surface area contributed by atoms with Gasteiger partial charge in [0.15, 0.2) is 0 Å². The molecule has 28 heavy (non-hydrogen) atoms.